The molecule has 1 amide bonds. The number of hydrogen-bond acceptors (Lipinski definition) is 14. The van der Waals surface area contributed by atoms with Gasteiger partial charge in [0.1, 0.15) is 42.7 Å². The molecule has 198 valence electrons. The topological polar surface area (TPSA) is 234 Å². The van der Waals surface area contributed by atoms with Gasteiger partial charge in [-0.05, 0) is 0 Å². The van der Waals surface area contributed by atoms with Crippen LogP contribution in [0.1, 0.15) is 13.3 Å². The van der Waals surface area contributed by atoms with E-state index in [-0.39, 0.29) is 0 Å². The molecular weight excluding hydrogens is 466 g/mol. The van der Waals surface area contributed by atoms with Gasteiger partial charge >= 0.3 is 5.97 Å². The van der Waals surface area contributed by atoms with E-state index in [2.05, 4.69) is 5.32 Å². The zero-order valence-corrected chi connectivity index (χ0v) is 18.9. The minimum absolute atomic E-state index is 0.619. The average molecular weight is 499 g/mol. The van der Waals surface area contributed by atoms with Gasteiger partial charge in [0.25, 0.3) is 5.79 Å². The van der Waals surface area contributed by atoms with Crippen molar-refractivity contribution in [2.45, 2.75) is 80.3 Å². The predicted octanol–water partition coefficient (Wildman–Crippen LogP) is -5.31. The van der Waals surface area contributed by atoms with Crippen molar-refractivity contribution >= 4 is 11.9 Å². The Labute approximate surface area is 194 Å². The van der Waals surface area contributed by atoms with E-state index in [9.17, 15) is 45.3 Å². The maximum absolute atomic E-state index is 12.7. The van der Waals surface area contributed by atoms with Gasteiger partial charge in [-0.15, -0.1) is 0 Å². The smallest absolute Gasteiger partial charge is 0.366 e. The quantitative estimate of drug-likeness (QED) is 0.138. The first-order chi connectivity index (χ1) is 15.9. The second-order valence-electron chi connectivity index (χ2n) is 8.13. The van der Waals surface area contributed by atoms with Crippen molar-refractivity contribution in [3.63, 3.8) is 0 Å². The minimum Gasteiger partial charge on any atom is -0.465 e. The van der Waals surface area contributed by atoms with E-state index in [1.165, 1.54) is 7.11 Å². The zero-order valence-electron chi connectivity index (χ0n) is 18.9. The lowest BCUT2D eigenvalue weighted by Gasteiger charge is -2.47. The lowest BCUT2D eigenvalue weighted by atomic mass is 9.88. The maximum atomic E-state index is 12.7. The highest BCUT2D eigenvalue weighted by Gasteiger charge is 2.57. The number of hydrogen-bond donors (Lipinski definition) is 8. The molecule has 0 bridgehead atoms. The van der Waals surface area contributed by atoms with Crippen LogP contribution in [-0.4, -0.2) is 142 Å². The molecule has 0 aliphatic carbocycles. The van der Waals surface area contributed by atoms with Crippen LogP contribution in [0.2, 0.25) is 0 Å². The third-order valence-electron chi connectivity index (χ3n) is 5.74. The molecule has 0 aromatic carbocycles. The number of esters is 1. The number of rotatable bonds is 9. The third kappa shape index (κ3) is 6.00. The minimum atomic E-state index is -2.42. The first-order valence-corrected chi connectivity index (χ1v) is 10.5. The van der Waals surface area contributed by atoms with Gasteiger partial charge in [-0.1, -0.05) is 0 Å². The summed E-state index contributed by atoms with van der Waals surface area (Å²) in [5.74, 6) is -4.21. The van der Waals surface area contributed by atoms with Crippen LogP contribution in [0, 0.1) is 0 Å². The van der Waals surface area contributed by atoms with E-state index < -0.39 is 98.5 Å². The number of methoxy groups -OCH3 is 2. The molecule has 2 aliphatic rings. The monoisotopic (exact) mass is 499 g/mol. The van der Waals surface area contributed by atoms with Crippen LogP contribution in [0.4, 0.5) is 0 Å². The maximum Gasteiger partial charge on any atom is 0.366 e. The molecule has 2 saturated heterocycles. The highest BCUT2D eigenvalue weighted by molar-refractivity contribution is 5.78. The van der Waals surface area contributed by atoms with Crippen molar-refractivity contribution in [3.05, 3.63) is 0 Å². The van der Waals surface area contributed by atoms with Gasteiger partial charge in [0.05, 0.1) is 32.5 Å². The lowest BCUT2D eigenvalue weighted by molar-refractivity contribution is -0.337. The summed E-state index contributed by atoms with van der Waals surface area (Å²) >= 11 is 0. The first kappa shape index (κ1) is 28.7. The molecule has 15 nitrogen and oxygen atoms in total. The molecular formula is C19H33NO14. The van der Waals surface area contributed by atoms with Gasteiger partial charge in [-0.3, -0.25) is 4.79 Å². The van der Waals surface area contributed by atoms with E-state index in [0.717, 1.165) is 14.0 Å². The van der Waals surface area contributed by atoms with Crippen molar-refractivity contribution in [1.29, 1.82) is 0 Å². The lowest BCUT2D eigenvalue weighted by Crippen LogP contribution is -2.68. The van der Waals surface area contributed by atoms with Gasteiger partial charge in [0.2, 0.25) is 5.91 Å². The van der Waals surface area contributed by atoms with Gasteiger partial charge in [0.15, 0.2) is 6.29 Å². The molecule has 0 saturated carbocycles. The van der Waals surface area contributed by atoms with E-state index in [0.29, 0.717) is 0 Å². The second-order valence-corrected chi connectivity index (χ2v) is 8.13. The standard InChI is InChI=1S/C19H33NO14/c1-7(22)20-11-8(23)4-19(18(29)31-3,34-16(11)12(25)9(24)5-21)32-6-10-13(26)14(27)15(28)17(30-2)33-10/h8-17,21,23-28H,4-6H2,1-3H3,(H,20,22)/t8-,9+,10+,11+,12+,13-,14-,15+,16+,17+,19+/m0/s1. The summed E-state index contributed by atoms with van der Waals surface area (Å²) in [6, 6.07) is -1.32. The van der Waals surface area contributed by atoms with E-state index in [1.54, 1.807) is 0 Å². The average Bonchev–Trinajstić information content (AvgIpc) is 2.81. The Morgan fingerprint density at radius 2 is 1.76 bits per heavy atom. The molecule has 11 atom stereocenters. The van der Waals surface area contributed by atoms with Crippen molar-refractivity contribution in [1.82, 2.24) is 5.32 Å². The largest absolute Gasteiger partial charge is 0.465 e. The number of ether oxygens (including phenoxy) is 5. The molecule has 2 aliphatic heterocycles. The van der Waals surface area contributed by atoms with E-state index >= 15 is 0 Å². The van der Waals surface area contributed by atoms with E-state index in [1.807, 2.05) is 0 Å². The molecule has 2 fully saturated rings. The Morgan fingerprint density at radius 3 is 2.29 bits per heavy atom. The number of amides is 1. The zero-order chi connectivity index (χ0) is 25.8. The van der Waals surface area contributed by atoms with Crippen molar-refractivity contribution in [2.75, 3.05) is 27.4 Å². The fourth-order valence-electron chi connectivity index (χ4n) is 3.89. The molecule has 0 radical (unpaired) electrons. The highest BCUT2D eigenvalue weighted by Crippen LogP contribution is 2.35. The number of carbonyl (C=O) groups is 2. The molecule has 0 unspecified atom stereocenters. The Hall–Kier alpha value is -1.50. The van der Waals surface area contributed by atoms with Crippen LogP contribution < -0.4 is 5.32 Å². The van der Waals surface area contributed by atoms with Gasteiger partial charge < -0.3 is 64.7 Å². The van der Waals surface area contributed by atoms with Gasteiger partial charge in [-0.2, -0.15) is 0 Å². The highest BCUT2D eigenvalue weighted by atomic mass is 16.8. The Bertz CT molecular complexity index is 694. The fraction of sp³-hybridized carbons (Fsp3) is 0.895. The predicted molar refractivity (Wildman–Crippen MR) is 107 cm³/mol. The van der Waals surface area contributed by atoms with Crippen LogP contribution >= 0.6 is 0 Å². The molecule has 2 heterocycles. The molecule has 0 aromatic rings. The number of nitrogens with one attached hydrogen (secondary N) is 1. The van der Waals surface area contributed by atoms with Crippen molar-refractivity contribution in [3.8, 4) is 0 Å². The van der Waals surface area contributed by atoms with Crippen molar-refractivity contribution in [2.24, 2.45) is 0 Å². The Balaban J connectivity index is 2.33. The summed E-state index contributed by atoms with van der Waals surface area (Å²) in [6.07, 6.45) is -15.1. The van der Waals surface area contributed by atoms with Crippen molar-refractivity contribution < 1.29 is 69.0 Å². The number of aliphatic hydroxyl groups excluding tert-OH is 7. The molecule has 34 heavy (non-hydrogen) atoms. The Kier molecular flexibility index (Phi) is 10.1. The molecule has 0 aromatic heterocycles. The van der Waals surface area contributed by atoms with Crippen LogP contribution in [0.25, 0.3) is 0 Å². The summed E-state index contributed by atoms with van der Waals surface area (Å²) in [7, 11) is 2.18. The normalized spacial score (nSPS) is 40.3. The molecule has 15 heteroatoms. The van der Waals surface area contributed by atoms with E-state index in [4.69, 9.17) is 23.7 Å². The summed E-state index contributed by atoms with van der Waals surface area (Å²) in [5, 5.41) is 72.8. The number of aliphatic hydroxyl groups is 7. The summed E-state index contributed by atoms with van der Waals surface area (Å²) in [4.78, 5) is 24.3. The second kappa shape index (κ2) is 12.0. The fourth-order valence-corrected chi connectivity index (χ4v) is 3.89. The van der Waals surface area contributed by atoms with Crippen LogP contribution in [-0.2, 0) is 33.3 Å². The SMILES string of the molecule is COC(=O)[C@@]1(OC[C@H]2O[C@@H](OC)[C@H](O)[C@@H](O)[C@H]2O)C[C@H](O)[C@@H](NC(C)=O)[C@H]([C@H](O)[C@H](O)CO)O1. The summed E-state index contributed by atoms with van der Waals surface area (Å²) in [5.41, 5.74) is 0. The van der Waals surface area contributed by atoms with Crippen LogP contribution in [0.3, 0.4) is 0 Å². The first-order valence-electron chi connectivity index (χ1n) is 10.5. The number of carbonyl (C=O) groups excluding carboxylic acids is 2. The summed E-state index contributed by atoms with van der Waals surface area (Å²) in [6.45, 7) is -0.426. The summed E-state index contributed by atoms with van der Waals surface area (Å²) < 4.78 is 26.2. The third-order valence-corrected chi connectivity index (χ3v) is 5.74. The molecule has 2 rings (SSSR count). The van der Waals surface area contributed by atoms with Gasteiger partial charge in [-0.25, -0.2) is 4.79 Å². The Morgan fingerprint density at radius 1 is 1.12 bits per heavy atom. The van der Waals surface area contributed by atoms with Crippen LogP contribution in [0.15, 0.2) is 0 Å². The molecule has 8 N–H and O–H groups in total. The van der Waals surface area contributed by atoms with Crippen LogP contribution in [0.5, 0.6) is 0 Å². The molecule has 0 spiro atoms. The van der Waals surface area contributed by atoms with Gasteiger partial charge in [0, 0.05) is 20.5 Å².